The third kappa shape index (κ3) is 4.92. The van der Waals surface area contributed by atoms with E-state index in [2.05, 4.69) is 41.4 Å². The summed E-state index contributed by atoms with van der Waals surface area (Å²) in [6.45, 7) is 6.62. The fraction of sp³-hybridized carbons (Fsp3) is 0.458. The van der Waals surface area contributed by atoms with E-state index in [1.165, 1.54) is 17.2 Å². The lowest BCUT2D eigenvalue weighted by Gasteiger charge is -2.35. The average Bonchev–Trinajstić information content (AvgIpc) is 2.84. The van der Waals surface area contributed by atoms with Crippen LogP contribution in [0.15, 0.2) is 42.5 Å². The van der Waals surface area contributed by atoms with Crippen molar-refractivity contribution in [2.45, 2.75) is 32.4 Å². The maximum absolute atomic E-state index is 12.7. The second-order valence-electron chi connectivity index (χ2n) is 8.33. The molecule has 8 nitrogen and oxygen atoms in total. The molecule has 2 aliphatic rings. The Morgan fingerprint density at radius 2 is 1.91 bits per heavy atom. The predicted molar refractivity (Wildman–Crippen MR) is 123 cm³/mol. The van der Waals surface area contributed by atoms with Crippen LogP contribution in [-0.4, -0.2) is 66.1 Å². The van der Waals surface area contributed by atoms with Crippen LogP contribution in [0.2, 0.25) is 0 Å². The van der Waals surface area contributed by atoms with Gasteiger partial charge in [-0.1, -0.05) is 31.2 Å². The molecule has 170 valence electrons. The first-order valence-electron chi connectivity index (χ1n) is 11.3. The fourth-order valence-corrected chi connectivity index (χ4v) is 4.50. The Morgan fingerprint density at radius 1 is 1.16 bits per heavy atom. The number of hydrogen-bond acceptors (Lipinski definition) is 6. The molecule has 8 heteroatoms. The number of carbonyl (C=O) groups excluding carboxylic acids is 1. The van der Waals surface area contributed by atoms with Crippen molar-refractivity contribution < 1.29 is 14.5 Å². The van der Waals surface area contributed by atoms with E-state index in [4.69, 9.17) is 4.74 Å². The van der Waals surface area contributed by atoms with Crippen LogP contribution in [0.3, 0.4) is 0 Å². The summed E-state index contributed by atoms with van der Waals surface area (Å²) in [5.41, 5.74) is 3.48. The van der Waals surface area contributed by atoms with Gasteiger partial charge < -0.3 is 15.0 Å². The highest BCUT2D eigenvalue weighted by molar-refractivity contribution is 5.95. The minimum atomic E-state index is -0.420. The molecule has 0 saturated carbocycles. The number of hydrogen-bond donors (Lipinski definition) is 1. The number of ether oxygens (including phenoxy) is 1. The lowest BCUT2D eigenvalue weighted by Crippen LogP contribution is -2.42. The fourth-order valence-electron chi connectivity index (χ4n) is 4.50. The van der Waals surface area contributed by atoms with Crippen molar-refractivity contribution in [1.29, 1.82) is 0 Å². The monoisotopic (exact) mass is 438 g/mol. The Labute approximate surface area is 188 Å². The molecule has 1 N–H and O–H groups in total. The second-order valence-corrected chi connectivity index (χ2v) is 8.33. The van der Waals surface area contributed by atoms with Crippen LogP contribution in [0.4, 0.5) is 11.4 Å². The van der Waals surface area contributed by atoms with Gasteiger partial charge in [0, 0.05) is 50.4 Å². The van der Waals surface area contributed by atoms with Gasteiger partial charge >= 0.3 is 0 Å². The average molecular weight is 439 g/mol. The van der Waals surface area contributed by atoms with Crippen LogP contribution in [0.1, 0.15) is 34.8 Å². The standard InChI is InChI=1S/C24H30N4O4/c1-2-21(27-10-9-18-5-3-4-6-20(18)17-27)16-25-22-8-7-19(15-23(22)28(30)31)24(29)26-11-13-32-14-12-26/h3-8,15,21,25H,2,9-14,16-17H2,1H3/t21-/m1/s1. The first kappa shape index (κ1) is 22.2. The molecule has 0 aliphatic carbocycles. The quantitative estimate of drug-likeness (QED) is 0.527. The molecule has 2 heterocycles. The second kappa shape index (κ2) is 10.1. The van der Waals surface area contributed by atoms with Crippen molar-refractivity contribution in [3.8, 4) is 0 Å². The SMILES string of the molecule is CC[C@H](CNc1ccc(C(=O)N2CCOCC2)cc1[N+](=O)[O-])N1CCc2ccccc2C1. The van der Waals surface area contributed by atoms with E-state index in [9.17, 15) is 14.9 Å². The Hall–Kier alpha value is -2.97. The van der Waals surface area contributed by atoms with Gasteiger partial charge in [-0.05, 0) is 36.1 Å². The van der Waals surface area contributed by atoms with Crippen LogP contribution in [-0.2, 0) is 17.7 Å². The Balaban J connectivity index is 1.45. The van der Waals surface area contributed by atoms with Gasteiger partial charge in [0.15, 0.2) is 0 Å². The number of nitro groups is 1. The summed E-state index contributed by atoms with van der Waals surface area (Å²) >= 11 is 0. The number of anilines is 1. The first-order chi connectivity index (χ1) is 15.6. The summed E-state index contributed by atoms with van der Waals surface area (Å²) in [5.74, 6) is -0.193. The van der Waals surface area contributed by atoms with Crippen molar-refractivity contribution in [3.63, 3.8) is 0 Å². The molecule has 0 unspecified atom stereocenters. The number of fused-ring (bicyclic) bond motifs is 1. The summed E-state index contributed by atoms with van der Waals surface area (Å²) in [6.07, 6.45) is 1.96. The maximum atomic E-state index is 12.7. The highest BCUT2D eigenvalue weighted by atomic mass is 16.6. The van der Waals surface area contributed by atoms with E-state index in [1.54, 1.807) is 17.0 Å². The number of morpholine rings is 1. The summed E-state index contributed by atoms with van der Waals surface area (Å²) < 4.78 is 5.29. The van der Waals surface area contributed by atoms with Crippen molar-refractivity contribution in [2.75, 3.05) is 44.7 Å². The topological polar surface area (TPSA) is 88.0 Å². The Morgan fingerprint density at radius 3 is 2.62 bits per heavy atom. The van der Waals surface area contributed by atoms with Gasteiger partial charge in [0.05, 0.1) is 18.1 Å². The Bertz CT molecular complexity index is 974. The molecule has 1 atom stereocenters. The number of rotatable bonds is 7. The highest BCUT2D eigenvalue weighted by Gasteiger charge is 2.25. The van der Waals surface area contributed by atoms with E-state index in [0.29, 0.717) is 44.1 Å². The summed E-state index contributed by atoms with van der Waals surface area (Å²) in [7, 11) is 0. The molecule has 1 fully saturated rings. The molecule has 2 aliphatic heterocycles. The largest absolute Gasteiger partial charge is 0.378 e. The highest BCUT2D eigenvalue weighted by Crippen LogP contribution is 2.27. The molecule has 0 aromatic heterocycles. The van der Waals surface area contributed by atoms with Crippen LogP contribution in [0.5, 0.6) is 0 Å². The van der Waals surface area contributed by atoms with Gasteiger partial charge in [-0.15, -0.1) is 0 Å². The third-order valence-electron chi connectivity index (χ3n) is 6.42. The van der Waals surface area contributed by atoms with Gasteiger partial charge in [-0.25, -0.2) is 0 Å². The predicted octanol–water partition coefficient (Wildman–Crippen LogP) is 3.32. The van der Waals surface area contributed by atoms with Gasteiger partial charge in [-0.2, -0.15) is 0 Å². The lowest BCUT2D eigenvalue weighted by atomic mass is 9.98. The van der Waals surface area contributed by atoms with Crippen molar-refractivity contribution in [1.82, 2.24) is 9.80 Å². The molecular weight excluding hydrogens is 408 g/mol. The molecule has 1 amide bonds. The molecule has 2 aromatic carbocycles. The zero-order chi connectivity index (χ0) is 22.5. The molecule has 0 bridgehead atoms. The minimum Gasteiger partial charge on any atom is -0.378 e. The molecule has 2 aromatic rings. The van der Waals surface area contributed by atoms with Crippen molar-refractivity contribution in [2.24, 2.45) is 0 Å². The van der Waals surface area contributed by atoms with Crippen molar-refractivity contribution >= 4 is 17.3 Å². The third-order valence-corrected chi connectivity index (χ3v) is 6.42. The molecule has 4 rings (SSSR count). The summed E-state index contributed by atoms with van der Waals surface area (Å²) in [4.78, 5) is 28.2. The number of nitro benzene ring substituents is 1. The van der Waals surface area contributed by atoms with Gasteiger partial charge in [0.2, 0.25) is 0 Å². The molecule has 0 spiro atoms. The van der Waals surface area contributed by atoms with Gasteiger partial charge in [0.1, 0.15) is 5.69 Å². The molecule has 0 radical (unpaired) electrons. The lowest BCUT2D eigenvalue weighted by molar-refractivity contribution is -0.384. The summed E-state index contributed by atoms with van der Waals surface area (Å²) in [6, 6.07) is 13.5. The van der Waals surface area contributed by atoms with Gasteiger partial charge in [0.25, 0.3) is 11.6 Å². The van der Waals surface area contributed by atoms with Crippen molar-refractivity contribution in [3.05, 3.63) is 69.3 Å². The van der Waals surface area contributed by atoms with Crippen LogP contribution in [0, 0.1) is 10.1 Å². The summed E-state index contributed by atoms with van der Waals surface area (Å²) in [5, 5.41) is 15.0. The van der Waals surface area contributed by atoms with Gasteiger partial charge in [-0.3, -0.25) is 19.8 Å². The molecule has 32 heavy (non-hydrogen) atoms. The zero-order valence-electron chi connectivity index (χ0n) is 18.5. The zero-order valence-corrected chi connectivity index (χ0v) is 18.5. The number of amides is 1. The smallest absolute Gasteiger partial charge is 0.293 e. The van der Waals surface area contributed by atoms with Crippen LogP contribution in [0.25, 0.3) is 0 Å². The minimum absolute atomic E-state index is 0.0667. The normalized spacial score (nSPS) is 17.5. The van der Waals surface area contributed by atoms with E-state index in [-0.39, 0.29) is 17.6 Å². The number of benzene rings is 2. The van der Waals surface area contributed by atoms with Crippen LogP contribution < -0.4 is 5.32 Å². The Kier molecular flexibility index (Phi) is 7.02. The van der Waals surface area contributed by atoms with E-state index >= 15 is 0 Å². The number of nitrogens with one attached hydrogen (secondary N) is 1. The maximum Gasteiger partial charge on any atom is 0.293 e. The van der Waals surface area contributed by atoms with E-state index < -0.39 is 4.92 Å². The number of nitrogens with zero attached hydrogens (tertiary/aromatic N) is 3. The first-order valence-corrected chi connectivity index (χ1v) is 11.3. The molecule has 1 saturated heterocycles. The van der Waals surface area contributed by atoms with E-state index in [0.717, 1.165) is 25.9 Å². The molecular formula is C24H30N4O4. The van der Waals surface area contributed by atoms with Crippen LogP contribution >= 0.6 is 0 Å². The number of carbonyl (C=O) groups is 1. The van der Waals surface area contributed by atoms with E-state index in [1.807, 2.05) is 0 Å².